The van der Waals surface area contributed by atoms with Gasteiger partial charge in [0.2, 0.25) is 0 Å². The molecule has 2 N–H and O–H groups in total. The van der Waals surface area contributed by atoms with Gasteiger partial charge in [-0.05, 0) is 68.5 Å². The van der Waals surface area contributed by atoms with Crippen LogP contribution in [-0.4, -0.2) is 38.2 Å². The van der Waals surface area contributed by atoms with E-state index in [0.717, 1.165) is 60.0 Å². The standard InChI is InChI=1S/C32H36N6S/c1-21(32-22(2)35-23(3)39-32)34-18-24-10-12-25(13-11-24)19-38(20-31-36-29-8-4-5-9-30(29)37-31)27-14-15-28-26(17-27)7-6-16-33-28/h4-13,16-17,21,27-28,34H,14-15,18-20H2,1-3H3,(H,36,37). The minimum Gasteiger partial charge on any atom is -0.341 e. The smallest absolute Gasteiger partial charge is 0.121 e. The average molecular weight is 537 g/mol. The van der Waals surface area contributed by atoms with Crippen molar-refractivity contribution < 1.29 is 0 Å². The molecule has 200 valence electrons. The molecule has 3 heterocycles. The summed E-state index contributed by atoms with van der Waals surface area (Å²) in [4.78, 5) is 21.6. The van der Waals surface area contributed by atoms with Gasteiger partial charge in [0.1, 0.15) is 5.82 Å². The summed E-state index contributed by atoms with van der Waals surface area (Å²) in [5.41, 5.74) is 7.19. The number of aryl methyl sites for hydroxylation is 2. The Labute approximate surface area is 234 Å². The van der Waals surface area contributed by atoms with Crippen LogP contribution in [0, 0.1) is 13.8 Å². The Morgan fingerprint density at radius 3 is 2.64 bits per heavy atom. The number of dihydropyridines is 1. The second-order valence-corrected chi connectivity index (χ2v) is 11.9. The van der Waals surface area contributed by atoms with E-state index in [-0.39, 0.29) is 6.04 Å². The fraction of sp³-hybridized carbons (Fsp3) is 0.344. The molecule has 0 fully saturated rings. The molecule has 4 aromatic rings. The molecule has 7 heteroatoms. The number of aromatic nitrogens is 3. The van der Waals surface area contributed by atoms with E-state index in [1.165, 1.54) is 21.6 Å². The summed E-state index contributed by atoms with van der Waals surface area (Å²) < 4.78 is 0. The van der Waals surface area contributed by atoms with Gasteiger partial charge in [-0.2, -0.15) is 0 Å². The Balaban J connectivity index is 1.17. The number of fused-ring (bicyclic) bond motifs is 2. The minimum atomic E-state index is 0.288. The molecule has 3 unspecified atom stereocenters. The Morgan fingerprint density at radius 1 is 1.03 bits per heavy atom. The summed E-state index contributed by atoms with van der Waals surface area (Å²) in [5, 5.41) is 4.80. The summed E-state index contributed by atoms with van der Waals surface area (Å²) in [6.07, 6.45) is 10.8. The topological polar surface area (TPSA) is 69.2 Å². The lowest BCUT2D eigenvalue weighted by Gasteiger charge is -2.34. The summed E-state index contributed by atoms with van der Waals surface area (Å²) in [6, 6.07) is 18.3. The number of nitrogens with one attached hydrogen (secondary N) is 2. The van der Waals surface area contributed by atoms with Crippen LogP contribution in [0.4, 0.5) is 0 Å². The van der Waals surface area contributed by atoms with Gasteiger partial charge in [-0.1, -0.05) is 48.6 Å². The summed E-state index contributed by atoms with van der Waals surface area (Å²) in [6.45, 7) is 8.88. The molecule has 0 spiro atoms. The number of thiazole rings is 1. The fourth-order valence-corrected chi connectivity index (χ4v) is 6.66. The molecule has 2 aromatic carbocycles. The van der Waals surface area contributed by atoms with Crippen LogP contribution in [0.3, 0.4) is 0 Å². The van der Waals surface area contributed by atoms with Gasteiger partial charge >= 0.3 is 0 Å². The lowest BCUT2D eigenvalue weighted by molar-refractivity contribution is 0.188. The average Bonchev–Trinajstić information content (AvgIpc) is 3.53. The van der Waals surface area contributed by atoms with Crippen molar-refractivity contribution in [2.45, 2.75) is 71.4 Å². The number of hydrogen-bond donors (Lipinski definition) is 2. The number of H-pyrrole nitrogens is 1. The number of rotatable bonds is 9. The highest BCUT2D eigenvalue weighted by Gasteiger charge is 2.27. The Morgan fingerprint density at radius 2 is 1.85 bits per heavy atom. The molecule has 6 nitrogen and oxygen atoms in total. The summed E-state index contributed by atoms with van der Waals surface area (Å²) in [7, 11) is 0. The van der Waals surface area contributed by atoms with Crippen LogP contribution in [0.5, 0.6) is 0 Å². The monoisotopic (exact) mass is 536 g/mol. The first-order chi connectivity index (χ1) is 19.0. The zero-order chi connectivity index (χ0) is 26.8. The molecule has 39 heavy (non-hydrogen) atoms. The van der Waals surface area contributed by atoms with Crippen LogP contribution in [0.2, 0.25) is 0 Å². The predicted molar refractivity (Wildman–Crippen MR) is 161 cm³/mol. The molecule has 0 saturated carbocycles. The van der Waals surface area contributed by atoms with Crippen molar-refractivity contribution in [2.24, 2.45) is 4.99 Å². The highest BCUT2D eigenvalue weighted by atomic mass is 32.1. The number of aliphatic imine (C=N–C) groups is 1. The molecule has 0 saturated heterocycles. The molecule has 1 aliphatic carbocycles. The number of hydrogen-bond acceptors (Lipinski definition) is 6. The molecule has 1 aliphatic heterocycles. The van der Waals surface area contributed by atoms with E-state index in [1.807, 2.05) is 12.3 Å². The molecule has 2 aromatic heterocycles. The number of allylic oxidation sites excluding steroid dienone is 1. The second-order valence-electron chi connectivity index (χ2n) is 10.7. The van der Waals surface area contributed by atoms with E-state index in [9.17, 15) is 0 Å². The number of para-hydroxylation sites is 2. The minimum absolute atomic E-state index is 0.288. The lowest BCUT2D eigenvalue weighted by atomic mass is 9.89. The number of benzene rings is 2. The van der Waals surface area contributed by atoms with Crippen LogP contribution in [0.15, 0.2) is 77.3 Å². The SMILES string of the molecule is Cc1nc(C)c(C(C)NCc2ccc(CN(Cc3nc4ccccc4[nH]3)C3C=C4C=CC=NC4CC3)cc2)s1. The van der Waals surface area contributed by atoms with Crippen LogP contribution in [0.25, 0.3) is 11.0 Å². The van der Waals surface area contributed by atoms with Crippen molar-refractivity contribution in [1.82, 2.24) is 25.2 Å². The molecule has 2 aliphatic rings. The number of nitrogens with zero attached hydrogens (tertiary/aromatic N) is 4. The second kappa shape index (κ2) is 11.4. The molecule has 0 amide bonds. The van der Waals surface area contributed by atoms with Crippen molar-refractivity contribution in [3.05, 3.63) is 105 Å². The first-order valence-electron chi connectivity index (χ1n) is 13.9. The molecule has 0 bridgehead atoms. The van der Waals surface area contributed by atoms with Gasteiger partial charge in [-0.3, -0.25) is 9.89 Å². The largest absolute Gasteiger partial charge is 0.341 e. The van der Waals surface area contributed by atoms with Crippen LogP contribution in [0.1, 0.15) is 58.3 Å². The lowest BCUT2D eigenvalue weighted by Crippen LogP contribution is -2.37. The van der Waals surface area contributed by atoms with E-state index >= 15 is 0 Å². The molecule has 6 rings (SSSR count). The van der Waals surface area contributed by atoms with Gasteiger partial charge in [-0.15, -0.1) is 11.3 Å². The van der Waals surface area contributed by atoms with Gasteiger partial charge < -0.3 is 10.3 Å². The summed E-state index contributed by atoms with van der Waals surface area (Å²) in [5.74, 6) is 1.01. The fourth-order valence-electron chi connectivity index (χ4n) is 5.71. The maximum Gasteiger partial charge on any atom is 0.121 e. The highest BCUT2D eigenvalue weighted by molar-refractivity contribution is 7.11. The van der Waals surface area contributed by atoms with E-state index in [1.54, 1.807) is 11.3 Å². The van der Waals surface area contributed by atoms with Crippen LogP contribution >= 0.6 is 11.3 Å². The van der Waals surface area contributed by atoms with Crippen molar-refractivity contribution in [3.63, 3.8) is 0 Å². The molecule has 0 radical (unpaired) electrons. The first kappa shape index (κ1) is 25.9. The predicted octanol–water partition coefficient (Wildman–Crippen LogP) is 6.59. The molecular formula is C32H36N6S. The van der Waals surface area contributed by atoms with Gasteiger partial charge in [0, 0.05) is 36.3 Å². The highest BCUT2D eigenvalue weighted by Crippen LogP contribution is 2.29. The van der Waals surface area contributed by atoms with Gasteiger partial charge in [-0.25, -0.2) is 9.97 Å². The van der Waals surface area contributed by atoms with Crippen LogP contribution < -0.4 is 5.32 Å². The van der Waals surface area contributed by atoms with Gasteiger partial charge in [0.25, 0.3) is 0 Å². The van der Waals surface area contributed by atoms with E-state index < -0.39 is 0 Å². The quantitative estimate of drug-likeness (QED) is 0.253. The summed E-state index contributed by atoms with van der Waals surface area (Å²) >= 11 is 1.79. The first-order valence-corrected chi connectivity index (χ1v) is 14.7. The maximum absolute atomic E-state index is 4.89. The van der Waals surface area contributed by atoms with Crippen LogP contribution in [-0.2, 0) is 19.6 Å². The zero-order valence-electron chi connectivity index (χ0n) is 22.9. The zero-order valence-corrected chi connectivity index (χ0v) is 23.7. The third kappa shape index (κ3) is 5.96. The normalized spacial score (nSPS) is 19.4. The van der Waals surface area contributed by atoms with Gasteiger partial charge in [0.15, 0.2) is 0 Å². The number of imidazole rings is 1. The third-order valence-corrected chi connectivity index (χ3v) is 9.02. The Hall–Kier alpha value is -3.39. The number of aromatic amines is 1. The van der Waals surface area contributed by atoms with E-state index in [2.05, 4.69) is 107 Å². The maximum atomic E-state index is 4.89. The molecular weight excluding hydrogens is 500 g/mol. The Bertz CT molecular complexity index is 1490. The Kier molecular flexibility index (Phi) is 7.55. The van der Waals surface area contributed by atoms with Crippen molar-refractivity contribution in [2.75, 3.05) is 0 Å². The van der Waals surface area contributed by atoms with E-state index in [0.29, 0.717) is 12.1 Å². The van der Waals surface area contributed by atoms with Crippen molar-refractivity contribution >= 4 is 28.6 Å². The van der Waals surface area contributed by atoms with Crippen molar-refractivity contribution in [1.29, 1.82) is 0 Å². The van der Waals surface area contributed by atoms with E-state index in [4.69, 9.17) is 4.98 Å². The third-order valence-electron chi connectivity index (χ3n) is 7.76. The molecule has 3 atom stereocenters. The van der Waals surface area contributed by atoms with Crippen molar-refractivity contribution in [3.8, 4) is 0 Å². The van der Waals surface area contributed by atoms with Gasteiger partial charge in [0.05, 0.1) is 34.3 Å².